The first-order chi connectivity index (χ1) is 12.7. The Labute approximate surface area is 161 Å². The van der Waals surface area contributed by atoms with Gasteiger partial charge in [0.25, 0.3) is 0 Å². The molecule has 0 saturated heterocycles. The molecule has 1 N–H and O–H groups in total. The van der Waals surface area contributed by atoms with Crippen LogP contribution in [-0.4, -0.2) is 33.7 Å². The third kappa shape index (κ3) is 5.01. The summed E-state index contributed by atoms with van der Waals surface area (Å²) in [7, 11) is -2.13. The van der Waals surface area contributed by atoms with E-state index in [9.17, 15) is 13.2 Å². The van der Waals surface area contributed by atoms with Crippen molar-refractivity contribution < 1.29 is 17.9 Å². The number of ether oxygens (including phenoxy) is 1. The standard InChI is InChI=1S/C20H26N2O4S/c1-6-18(20(23)21-16-8-7-9-17(13-16)26-4)22(27(5,24)25)19-12-14(2)10-11-15(19)3/h7-13,18H,6H2,1-5H3,(H,21,23)/t18-/m0/s1. The molecule has 2 rings (SSSR count). The number of hydrogen-bond acceptors (Lipinski definition) is 4. The van der Waals surface area contributed by atoms with Crippen molar-refractivity contribution in [2.75, 3.05) is 23.0 Å². The first kappa shape index (κ1) is 20.8. The van der Waals surface area contributed by atoms with E-state index in [4.69, 9.17) is 4.74 Å². The van der Waals surface area contributed by atoms with Gasteiger partial charge < -0.3 is 10.1 Å². The van der Waals surface area contributed by atoms with Crippen LogP contribution in [0.2, 0.25) is 0 Å². The highest BCUT2D eigenvalue weighted by atomic mass is 32.2. The molecule has 0 aliphatic rings. The Morgan fingerprint density at radius 1 is 1.19 bits per heavy atom. The van der Waals surface area contributed by atoms with Crippen molar-refractivity contribution in [2.24, 2.45) is 0 Å². The highest BCUT2D eigenvalue weighted by Gasteiger charge is 2.32. The molecule has 0 heterocycles. The van der Waals surface area contributed by atoms with Crippen LogP contribution in [-0.2, 0) is 14.8 Å². The van der Waals surface area contributed by atoms with E-state index in [1.54, 1.807) is 44.4 Å². The quantitative estimate of drug-likeness (QED) is 0.785. The molecule has 0 spiro atoms. The third-order valence-electron chi connectivity index (χ3n) is 4.27. The van der Waals surface area contributed by atoms with E-state index < -0.39 is 22.0 Å². The summed E-state index contributed by atoms with van der Waals surface area (Å²) in [5.41, 5.74) is 2.78. The molecular formula is C20H26N2O4S. The monoisotopic (exact) mass is 390 g/mol. The van der Waals surface area contributed by atoms with E-state index in [1.165, 1.54) is 4.31 Å². The number of sulfonamides is 1. The predicted octanol–water partition coefficient (Wildman–Crippen LogP) is 3.50. The van der Waals surface area contributed by atoms with Crippen LogP contribution >= 0.6 is 0 Å². The zero-order chi connectivity index (χ0) is 20.2. The molecule has 0 unspecified atom stereocenters. The van der Waals surface area contributed by atoms with E-state index in [2.05, 4.69) is 5.32 Å². The number of anilines is 2. The van der Waals surface area contributed by atoms with E-state index in [0.717, 1.165) is 17.4 Å². The molecule has 2 aromatic carbocycles. The summed E-state index contributed by atoms with van der Waals surface area (Å²) in [5.74, 6) is 0.215. The number of carbonyl (C=O) groups is 1. The molecule has 0 aliphatic heterocycles. The van der Waals surface area contributed by atoms with Crippen LogP contribution in [0.4, 0.5) is 11.4 Å². The first-order valence-electron chi connectivity index (χ1n) is 8.69. The lowest BCUT2D eigenvalue weighted by Crippen LogP contribution is -2.47. The molecule has 1 amide bonds. The minimum atomic E-state index is -3.67. The number of rotatable bonds is 7. The average Bonchev–Trinajstić information content (AvgIpc) is 2.61. The van der Waals surface area contributed by atoms with Crippen LogP contribution in [0.25, 0.3) is 0 Å². The lowest BCUT2D eigenvalue weighted by Gasteiger charge is -2.31. The van der Waals surface area contributed by atoms with Gasteiger partial charge in [-0.15, -0.1) is 0 Å². The molecular weight excluding hydrogens is 364 g/mol. The number of hydrogen-bond donors (Lipinski definition) is 1. The molecule has 27 heavy (non-hydrogen) atoms. The van der Waals surface area contributed by atoms with Crippen LogP contribution in [0.1, 0.15) is 24.5 Å². The molecule has 0 fully saturated rings. The lowest BCUT2D eigenvalue weighted by molar-refractivity contribution is -0.117. The van der Waals surface area contributed by atoms with Crippen LogP contribution < -0.4 is 14.4 Å². The SMILES string of the molecule is CC[C@@H](C(=O)Nc1cccc(OC)c1)N(c1cc(C)ccc1C)S(C)(=O)=O. The van der Waals surface area contributed by atoms with Gasteiger partial charge in [0.1, 0.15) is 11.8 Å². The maximum absolute atomic E-state index is 12.9. The van der Waals surface area contributed by atoms with Gasteiger partial charge in [0.2, 0.25) is 15.9 Å². The van der Waals surface area contributed by atoms with Crippen molar-refractivity contribution in [3.05, 3.63) is 53.6 Å². The number of methoxy groups -OCH3 is 1. The van der Waals surface area contributed by atoms with Crippen molar-refractivity contribution in [2.45, 2.75) is 33.2 Å². The second kappa shape index (κ2) is 8.43. The molecule has 0 aliphatic carbocycles. The number of nitrogens with one attached hydrogen (secondary N) is 1. The smallest absolute Gasteiger partial charge is 0.248 e. The fourth-order valence-electron chi connectivity index (χ4n) is 2.92. The second-order valence-electron chi connectivity index (χ2n) is 6.49. The molecule has 0 aromatic heterocycles. The summed E-state index contributed by atoms with van der Waals surface area (Å²) in [6.45, 7) is 5.51. The van der Waals surface area contributed by atoms with Crippen molar-refractivity contribution in [3.8, 4) is 5.75 Å². The van der Waals surface area contributed by atoms with Gasteiger partial charge in [-0.25, -0.2) is 8.42 Å². The van der Waals surface area contributed by atoms with Gasteiger partial charge in [0.05, 0.1) is 19.1 Å². The summed E-state index contributed by atoms with van der Waals surface area (Å²) < 4.78 is 31.5. The largest absolute Gasteiger partial charge is 0.497 e. The maximum atomic E-state index is 12.9. The Kier molecular flexibility index (Phi) is 6.49. The Morgan fingerprint density at radius 2 is 1.89 bits per heavy atom. The maximum Gasteiger partial charge on any atom is 0.248 e. The fourth-order valence-corrected chi connectivity index (χ4v) is 4.18. The summed E-state index contributed by atoms with van der Waals surface area (Å²) in [4.78, 5) is 12.9. The van der Waals surface area contributed by atoms with Gasteiger partial charge in [-0.3, -0.25) is 9.10 Å². The normalized spacial score (nSPS) is 12.3. The molecule has 0 bridgehead atoms. The fraction of sp³-hybridized carbons (Fsp3) is 0.350. The van der Waals surface area contributed by atoms with Gasteiger partial charge in [0.15, 0.2) is 0 Å². The Bertz CT molecular complexity index is 925. The van der Waals surface area contributed by atoms with E-state index in [0.29, 0.717) is 23.5 Å². The van der Waals surface area contributed by atoms with Gasteiger partial charge in [-0.2, -0.15) is 0 Å². The summed E-state index contributed by atoms with van der Waals surface area (Å²) >= 11 is 0. The van der Waals surface area contributed by atoms with Gasteiger partial charge in [-0.1, -0.05) is 25.1 Å². The average molecular weight is 391 g/mol. The van der Waals surface area contributed by atoms with Crippen molar-refractivity contribution in [1.82, 2.24) is 0 Å². The Hall–Kier alpha value is -2.54. The summed E-state index contributed by atoms with van der Waals surface area (Å²) in [6, 6.07) is 11.6. The van der Waals surface area contributed by atoms with Crippen LogP contribution in [0.3, 0.4) is 0 Å². The molecule has 7 heteroatoms. The number of aryl methyl sites for hydroxylation is 2. The number of amides is 1. The number of benzene rings is 2. The minimum absolute atomic E-state index is 0.330. The Morgan fingerprint density at radius 3 is 2.48 bits per heavy atom. The number of nitrogens with zero attached hydrogens (tertiary/aromatic N) is 1. The molecule has 0 radical (unpaired) electrons. The topological polar surface area (TPSA) is 75.7 Å². The molecule has 2 aromatic rings. The van der Waals surface area contributed by atoms with Gasteiger partial charge in [0, 0.05) is 11.8 Å². The van der Waals surface area contributed by atoms with Crippen LogP contribution in [0.5, 0.6) is 5.75 Å². The molecule has 146 valence electrons. The predicted molar refractivity (Wildman–Crippen MR) is 109 cm³/mol. The first-order valence-corrected chi connectivity index (χ1v) is 10.5. The second-order valence-corrected chi connectivity index (χ2v) is 8.35. The van der Waals surface area contributed by atoms with Gasteiger partial charge in [-0.05, 0) is 49.6 Å². The van der Waals surface area contributed by atoms with Crippen LogP contribution in [0.15, 0.2) is 42.5 Å². The van der Waals surface area contributed by atoms with Crippen LogP contribution in [0, 0.1) is 13.8 Å². The van der Waals surface area contributed by atoms with E-state index in [-0.39, 0.29) is 0 Å². The lowest BCUT2D eigenvalue weighted by atomic mass is 10.1. The van der Waals surface area contributed by atoms with Crippen molar-refractivity contribution >= 4 is 27.3 Å². The number of carbonyl (C=O) groups excluding carboxylic acids is 1. The summed E-state index contributed by atoms with van der Waals surface area (Å²) in [6.07, 6.45) is 1.45. The van der Waals surface area contributed by atoms with Crippen molar-refractivity contribution in [3.63, 3.8) is 0 Å². The highest BCUT2D eigenvalue weighted by molar-refractivity contribution is 7.92. The van der Waals surface area contributed by atoms with Gasteiger partial charge >= 0.3 is 0 Å². The highest BCUT2D eigenvalue weighted by Crippen LogP contribution is 2.28. The zero-order valence-corrected chi connectivity index (χ0v) is 17.1. The molecule has 0 saturated carbocycles. The minimum Gasteiger partial charge on any atom is -0.497 e. The Balaban J connectivity index is 2.43. The van der Waals surface area contributed by atoms with E-state index in [1.807, 2.05) is 26.0 Å². The summed E-state index contributed by atoms with van der Waals surface area (Å²) in [5, 5.41) is 2.80. The van der Waals surface area contributed by atoms with E-state index >= 15 is 0 Å². The molecule has 1 atom stereocenters. The third-order valence-corrected chi connectivity index (χ3v) is 5.43. The molecule has 6 nitrogen and oxygen atoms in total. The van der Waals surface area contributed by atoms with Crippen molar-refractivity contribution in [1.29, 1.82) is 0 Å². The zero-order valence-electron chi connectivity index (χ0n) is 16.3.